The molecule has 1 atom stereocenters. The maximum Gasteiger partial charge on any atom is 0.254 e. The highest BCUT2D eigenvalue weighted by Crippen LogP contribution is 2.35. The fourth-order valence-electron chi connectivity index (χ4n) is 3.48. The lowest BCUT2D eigenvalue weighted by molar-refractivity contribution is 0.0715. The largest absolute Gasteiger partial charge is 0.493 e. The summed E-state index contributed by atoms with van der Waals surface area (Å²) in [6, 6.07) is 12.1. The second-order valence-electron chi connectivity index (χ2n) is 6.68. The van der Waals surface area contributed by atoms with Crippen LogP contribution in [0.3, 0.4) is 0 Å². The van der Waals surface area contributed by atoms with Crippen LogP contribution in [0.25, 0.3) is 11.5 Å². The first-order chi connectivity index (χ1) is 14.1. The molecule has 1 amide bonds. The number of likely N-dealkylation sites (tertiary alicyclic amines) is 1. The summed E-state index contributed by atoms with van der Waals surface area (Å²) in [6.07, 6.45) is 1.63. The van der Waals surface area contributed by atoms with Gasteiger partial charge in [-0.05, 0) is 55.3 Å². The number of hydrogen-bond donors (Lipinski definition) is 0. The highest BCUT2D eigenvalue weighted by Gasteiger charge is 2.34. The molecule has 1 aliphatic heterocycles. The molecule has 0 bridgehead atoms. The summed E-state index contributed by atoms with van der Waals surface area (Å²) in [6.45, 7) is 0.622. The molecule has 7 nitrogen and oxygen atoms in total. The van der Waals surface area contributed by atoms with Gasteiger partial charge in [0, 0.05) is 22.7 Å². The number of ether oxygens (including phenoxy) is 2. The first kappa shape index (κ1) is 19.3. The van der Waals surface area contributed by atoms with E-state index in [0.717, 1.165) is 18.4 Å². The molecule has 2 aromatic carbocycles. The lowest BCUT2D eigenvalue weighted by Gasteiger charge is -2.22. The average Bonchev–Trinajstić information content (AvgIpc) is 3.42. The fraction of sp³-hybridized carbons (Fsp3) is 0.286. The Morgan fingerprint density at radius 1 is 1.10 bits per heavy atom. The average molecular weight is 414 g/mol. The highest BCUT2D eigenvalue weighted by atomic mass is 35.5. The third-order valence-corrected chi connectivity index (χ3v) is 5.21. The van der Waals surface area contributed by atoms with E-state index in [-0.39, 0.29) is 11.9 Å². The number of rotatable bonds is 5. The molecule has 1 aliphatic rings. The van der Waals surface area contributed by atoms with Gasteiger partial charge in [-0.25, -0.2) is 0 Å². The lowest BCUT2D eigenvalue weighted by atomic mass is 10.1. The quantitative estimate of drug-likeness (QED) is 0.617. The Balaban J connectivity index is 1.58. The Bertz CT molecular complexity index is 1020. The van der Waals surface area contributed by atoms with Crippen LogP contribution in [0.5, 0.6) is 11.5 Å². The SMILES string of the molecule is COc1ccc(C(=O)N2CCCC2c2nnc(-c3ccc(Cl)cc3)o2)cc1OC. The van der Waals surface area contributed by atoms with Crippen LogP contribution in [0.4, 0.5) is 0 Å². The van der Waals surface area contributed by atoms with Gasteiger partial charge in [0.1, 0.15) is 6.04 Å². The highest BCUT2D eigenvalue weighted by molar-refractivity contribution is 6.30. The van der Waals surface area contributed by atoms with Crippen molar-refractivity contribution >= 4 is 17.5 Å². The van der Waals surface area contributed by atoms with Crippen molar-refractivity contribution in [3.63, 3.8) is 0 Å². The third-order valence-electron chi connectivity index (χ3n) is 4.96. The van der Waals surface area contributed by atoms with Gasteiger partial charge in [-0.1, -0.05) is 11.6 Å². The molecule has 3 aromatic rings. The summed E-state index contributed by atoms with van der Waals surface area (Å²) in [5, 5.41) is 8.97. The molecule has 29 heavy (non-hydrogen) atoms. The van der Waals surface area contributed by atoms with Gasteiger partial charge in [-0.3, -0.25) is 4.79 Å². The van der Waals surface area contributed by atoms with Gasteiger partial charge >= 0.3 is 0 Å². The van der Waals surface area contributed by atoms with Gasteiger partial charge in [0.15, 0.2) is 11.5 Å². The van der Waals surface area contributed by atoms with Crippen molar-refractivity contribution in [1.29, 1.82) is 0 Å². The predicted octanol–water partition coefficient (Wildman–Crippen LogP) is 4.38. The second-order valence-corrected chi connectivity index (χ2v) is 7.12. The van der Waals surface area contributed by atoms with Crippen molar-refractivity contribution < 1.29 is 18.7 Å². The number of hydrogen-bond acceptors (Lipinski definition) is 6. The van der Waals surface area contributed by atoms with E-state index in [0.29, 0.717) is 40.4 Å². The Hall–Kier alpha value is -3.06. The lowest BCUT2D eigenvalue weighted by Crippen LogP contribution is -2.30. The molecular formula is C21H20ClN3O4. The van der Waals surface area contributed by atoms with Crippen molar-refractivity contribution in [2.45, 2.75) is 18.9 Å². The van der Waals surface area contributed by atoms with E-state index < -0.39 is 0 Å². The van der Waals surface area contributed by atoms with Crippen molar-refractivity contribution in [1.82, 2.24) is 15.1 Å². The molecule has 2 heterocycles. The van der Waals surface area contributed by atoms with E-state index in [1.807, 2.05) is 12.1 Å². The maximum atomic E-state index is 13.1. The van der Waals surface area contributed by atoms with Gasteiger partial charge in [-0.2, -0.15) is 0 Å². The molecule has 1 aromatic heterocycles. The van der Waals surface area contributed by atoms with Crippen molar-refractivity contribution in [2.24, 2.45) is 0 Å². The number of methoxy groups -OCH3 is 2. The Kier molecular flexibility index (Phi) is 5.40. The summed E-state index contributed by atoms with van der Waals surface area (Å²) < 4.78 is 16.5. The Morgan fingerprint density at radius 3 is 2.59 bits per heavy atom. The number of carbonyl (C=O) groups excluding carboxylic acids is 1. The van der Waals surface area contributed by atoms with Gasteiger partial charge in [0.25, 0.3) is 5.91 Å². The van der Waals surface area contributed by atoms with Crippen LogP contribution in [-0.4, -0.2) is 41.8 Å². The molecule has 4 rings (SSSR count). The molecule has 150 valence electrons. The zero-order valence-corrected chi connectivity index (χ0v) is 16.8. The minimum Gasteiger partial charge on any atom is -0.493 e. The van der Waals surface area contributed by atoms with E-state index in [4.69, 9.17) is 25.5 Å². The van der Waals surface area contributed by atoms with Crippen LogP contribution in [0.15, 0.2) is 46.9 Å². The summed E-state index contributed by atoms with van der Waals surface area (Å²) in [7, 11) is 3.10. The third kappa shape index (κ3) is 3.78. The van der Waals surface area contributed by atoms with Crippen LogP contribution >= 0.6 is 11.6 Å². The van der Waals surface area contributed by atoms with Crippen molar-refractivity contribution in [3.8, 4) is 23.0 Å². The zero-order chi connectivity index (χ0) is 20.4. The van der Waals surface area contributed by atoms with Crippen molar-refractivity contribution in [2.75, 3.05) is 20.8 Å². The minimum absolute atomic E-state index is 0.111. The van der Waals surface area contributed by atoms with Gasteiger partial charge in [-0.15, -0.1) is 10.2 Å². The van der Waals surface area contributed by atoms with Gasteiger partial charge in [0.2, 0.25) is 11.8 Å². The summed E-state index contributed by atoms with van der Waals surface area (Å²) in [5.41, 5.74) is 1.30. The molecule has 0 spiro atoms. The number of benzene rings is 2. The molecule has 0 aliphatic carbocycles. The molecule has 8 heteroatoms. The maximum absolute atomic E-state index is 13.1. The van der Waals surface area contributed by atoms with Crippen LogP contribution in [0.2, 0.25) is 5.02 Å². The monoisotopic (exact) mass is 413 g/mol. The number of halogens is 1. The first-order valence-corrected chi connectivity index (χ1v) is 9.61. The van der Waals surface area contributed by atoms with E-state index in [1.54, 1.807) is 49.5 Å². The smallest absolute Gasteiger partial charge is 0.254 e. The first-order valence-electron chi connectivity index (χ1n) is 9.23. The Labute approximate surface area is 173 Å². The molecule has 0 N–H and O–H groups in total. The number of aromatic nitrogens is 2. The van der Waals surface area contributed by atoms with Crippen LogP contribution in [0.1, 0.15) is 35.1 Å². The summed E-state index contributed by atoms with van der Waals surface area (Å²) in [4.78, 5) is 14.9. The molecule has 1 unspecified atom stereocenters. The predicted molar refractivity (Wildman–Crippen MR) is 107 cm³/mol. The normalized spacial score (nSPS) is 16.1. The van der Waals surface area contributed by atoms with Crippen LogP contribution in [-0.2, 0) is 0 Å². The second kappa shape index (κ2) is 8.13. The standard InChI is InChI=1S/C21H20ClN3O4/c1-27-17-10-7-14(12-18(17)28-2)21(26)25-11-3-4-16(25)20-24-23-19(29-20)13-5-8-15(22)9-6-13/h5-10,12,16H,3-4,11H2,1-2H3. The molecule has 0 saturated carbocycles. The van der Waals surface area contributed by atoms with Crippen LogP contribution in [0, 0.1) is 0 Å². The Morgan fingerprint density at radius 2 is 1.86 bits per heavy atom. The van der Waals surface area contributed by atoms with Gasteiger partial charge in [0.05, 0.1) is 14.2 Å². The fourth-order valence-corrected chi connectivity index (χ4v) is 3.61. The minimum atomic E-state index is -0.260. The van der Waals surface area contributed by atoms with E-state index >= 15 is 0 Å². The topological polar surface area (TPSA) is 77.7 Å². The number of nitrogens with zero attached hydrogens (tertiary/aromatic N) is 3. The zero-order valence-electron chi connectivity index (χ0n) is 16.1. The van der Waals surface area contributed by atoms with E-state index in [2.05, 4.69) is 10.2 Å². The van der Waals surface area contributed by atoms with E-state index in [1.165, 1.54) is 0 Å². The summed E-state index contributed by atoms with van der Waals surface area (Å²) in [5.74, 6) is 1.81. The van der Waals surface area contributed by atoms with Crippen LogP contribution < -0.4 is 9.47 Å². The number of amides is 1. The molecule has 1 saturated heterocycles. The number of carbonyl (C=O) groups is 1. The molecule has 1 fully saturated rings. The molecular weight excluding hydrogens is 394 g/mol. The van der Waals surface area contributed by atoms with Crippen molar-refractivity contribution in [3.05, 3.63) is 58.9 Å². The van der Waals surface area contributed by atoms with E-state index in [9.17, 15) is 4.79 Å². The summed E-state index contributed by atoms with van der Waals surface area (Å²) >= 11 is 5.93. The van der Waals surface area contributed by atoms with Gasteiger partial charge < -0.3 is 18.8 Å². The molecule has 0 radical (unpaired) electrons.